The Morgan fingerprint density at radius 1 is 1.03 bits per heavy atom. The third-order valence-corrected chi connectivity index (χ3v) is 5.36. The lowest BCUT2D eigenvalue weighted by Gasteiger charge is -2.16. The number of methoxy groups -OCH3 is 2. The van der Waals surface area contributed by atoms with Crippen molar-refractivity contribution in [1.82, 2.24) is 10.6 Å². The van der Waals surface area contributed by atoms with Crippen LogP contribution in [0, 0.1) is 0 Å². The molecule has 0 bridgehead atoms. The van der Waals surface area contributed by atoms with Gasteiger partial charge in [-0.2, -0.15) is 0 Å². The van der Waals surface area contributed by atoms with Gasteiger partial charge in [0.25, 0.3) is 0 Å². The van der Waals surface area contributed by atoms with Crippen LogP contribution in [-0.4, -0.2) is 45.5 Å². The Balaban J connectivity index is 1.31. The molecular formula is C24H25N3O5. The zero-order valence-electron chi connectivity index (χ0n) is 18.0. The summed E-state index contributed by atoms with van der Waals surface area (Å²) in [5, 5.41) is 7.87. The maximum atomic E-state index is 12.3. The molecule has 32 heavy (non-hydrogen) atoms. The molecule has 0 spiro atoms. The molecule has 1 saturated heterocycles. The quantitative estimate of drug-likeness (QED) is 0.591. The number of benzene rings is 3. The zero-order valence-corrected chi connectivity index (χ0v) is 18.0. The minimum Gasteiger partial charge on any atom is -0.493 e. The average molecular weight is 435 g/mol. The van der Waals surface area contributed by atoms with E-state index in [0.29, 0.717) is 30.3 Å². The normalized spacial score (nSPS) is 15.4. The van der Waals surface area contributed by atoms with Crippen LogP contribution in [0.4, 0.5) is 15.3 Å². The van der Waals surface area contributed by atoms with Gasteiger partial charge in [-0.25, -0.2) is 9.59 Å². The number of ether oxygens (including phenoxy) is 3. The van der Waals surface area contributed by atoms with Crippen molar-refractivity contribution < 1.29 is 23.8 Å². The van der Waals surface area contributed by atoms with Crippen LogP contribution in [0.3, 0.4) is 0 Å². The molecule has 1 aliphatic rings. The second-order valence-electron chi connectivity index (χ2n) is 7.36. The maximum Gasteiger partial charge on any atom is 0.414 e. The summed E-state index contributed by atoms with van der Waals surface area (Å²) in [4.78, 5) is 26.1. The first-order valence-electron chi connectivity index (χ1n) is 10.3. The predicted octanol–water partition coefficient (Wildman–Crippen LogP) is 3.68. The molecule has 1 heterocycles. The number of carbonyl (C=O) groups excluding carboxylic acids is 2. The molecule has 4 rings (SSSR count). The number of urea groups is 1. The van der Waals surface area contributed by atoms with Gasteiger partial charge in [0.1, 0.15) is 6.10 Å². The maximum absolute atomic E-state index is 12.3. The number of nitrogens with zero attached hydrogens (tertiary/aromatic N) is 1. The van der Waals surface area contributed by atoms with Crippen molar-refractivity contribution in [3.8, 4) is 11.5 Å². The van der Waals surface area contributed by atoms with E-state index in [1.807, 2.05) is 42.5 Å². The number of carbonyl (C=O) groups is 2. The molecule has 0 saturated carbocycles. The number of cyclic esters (lactones) is 1. The van der Waals surface area contributed by atoms with E-state index in [2.05, 4.69) is 10.6 Å². The summed E-state index contributed by atoms with van der Waals surface area (Å²) in [6.45, 7) is 0.921. The Labute approximate surface area is 186 Å². The molecule has 1 aliphatic heterocycles. The fourth-order valence-electron chi connectivity index (χ4n) is 3.72. The summed E-state index contributed by atoms with van der Waals surface area (Å²) in [5.74, 6) is 1.09. The molecule has 1 atom stereocenters. The summed E-state index contributed by atoms with van der Waals surface area (Å²) in [7, 11) is 3.09. The van der Waals surface area contributed by atoms with Gasteiger partial charge in [-0.1, -0.05) is 42.5 Å². The Morgan fingerprint density at radius 2 is 1.81 bits per heavy atom. The molecule has 3 aromatic carbocycles. The molecular weight excluding hydrogens is 410 g/mol. The van der Waals surface area contributed by atoms with Crippen LogP contribution >= 0.6 is 0 Å². The van der Waals surface area contributed by atoms with Crippen molar-refractivity contribution in [1.29, 1.82) is 0 Å². The van der Waals surface area contributed by atoms with E-state index in [1.165, 1.54) is 12.0 Å². The van der Waals surface area contributed by atoms with Gasteiger partial charge < -0.3 is 24.8 Å². The van der Waals surface area contributed by atoms with Gasteiger partial charge in [0.15, 0.2) is 11.5 Å². The summed E-state index contributed by atoms with van der Waals surface area (Å²) in [6, 6.07) is 18.9. The largest absolute Gasteiger partial charge is 0.493 e. The van der Waals surface area contributed by atoms with Gasteiger partial charge in [0, 0.05) is 12.6 Å². The number of nitrogens with one attached hydrogen (secondary N) is 2. The molecule has 3 aromatic rings. The van der Waals surface area contributed by atoms with Crippen molar-refractivity contribution in [3.63, 3.8) is 0 Å². The number of hydrogen-bond donors (Lipinski definition) is 2. The van der Waals surface area contributed by atoms with Crippen LogP contribution in [0.2, 0.25) is 0 Å². The van der Waals surface area contributed by atoms with Gasteiger partial charge in [0.05, 0.1) is 33.0 Å². The molecule has 8 nitrogen and oxygen atoms in total. The van der Waals surface area contributed by atoms with E-state index in [9.17, 15) is 9.59 Å². The summed E-state index contributed by atoms with van der Waals surface area (Å²) < 4.78 is 15.9. The van der Waals surface area contributed by atoms with Crippen molar-refractivity contribution >= 4 is 28.6 Å². The molecule has 3 amide bonds. The van der Waals surface area contributed by atoms with Crippen LogP contribution in [0.15, 0.2) is 60.7 Å². The van der Waals surface area contributed by atoms with Gasteiger partial charge >= 0.3 is 12.1 Å². The summed E-state index contributed by atoms with van der Waals surface area (Å²) in [5.41, 5.74) is 1.67. The van der Waals surface area contributed by atoms with Crippen molar-refractivity contribution in [2.75, 3.05) is 32.2 Å². The first kappa shape index (κ1) is 21.3. The monoisotopic (exact) mass is 435 g/mol. The van der Waals surface area contributed by atoms with Gasteiger partial charge in [-0.15, -0.1) is 0 Å². The number of rotatable bonds is 7. The van der Waals surface area contributed by atoms with E-state index in [0.717, 1.165) is 16.3 Å². The Morgan fingerprint density at radius 3 is 2.62 bits per heavy atom. The van der Waals surface area contributed by atoms with E-state index in [-0.39, 0.29) is 12.6 Å². The number of hydrogen-bond acceptors (Lipinski definition) is 5. The molecule has 0 aromatic heterocycles. The fourth-order valence-corrected chi connectivity index (χ4v) is 3.72. The second kappa shape index (κ2) is 9.47. The smallest absolute Gasteiger partial charge is 0.414 e. The second-order valence-corrected chi connectivity index (χ2v) is 7.36. The minimum absolute atomic E-state index is 0.205. The number of anilines is 1. The Hall–Kier alpha value is -3.94. The van der Waals surface area contributed by atoms with Crippen LogP contribution < -0.4 is 25.0 Å². The van der Waals surface area contributed by atoms with E-state index in [1.54, 1.807) is 25.3 Å². The van der Waals surface area contributed by atoms with E-state index in [4.69, 9.17) is 14.2 Å². The fraction of sp³-hybridized carbons (Fsp3) is 0.250. The van der Waals surface area contributed by atoms with Crippen molar-refractivity contribution in [2.45, 2.75) is 12.6 Å². The molecule has 2 N–H and O–H groups in total. The van der Waals surface area contributed by atoms with E-state index >= 15 is 0 Å². The minimum atomic E-state index is -0.472. The first-order chi connectivity index (χ1) is 15.6. The lowest BCUT2D eigenvalue weighted by Crippen LogP contribution is -2.40. The van der Waals surface area contributed by atoms with Crippen molar-refractivity contribution in [2.24, 2.45) is 0 Å². The summed E-state index contributed by atoms with van der Waals surface area (Å²) in [6.07, 6.45) is -0.931. The van der Waals surface area contributed by atoms with Crippen LogP contribution in [0.5, 0.6) is 11.5 Å². The molecule has 0 aliphatic carbocycles. The van der Waals surface area contributed by atoms with Crippen LogP contribution in [0.25, 0.3) is 10.8 Å². The lowest BCUT2D eigenvalue weighted by atomic mass is 10.0. The van der Waals surface area contributed by atoms with Crippen molar-refractivity contribution in [3.05, 3.63) is 66.2 Å². The number of amides is 3. The van der Waals surface area contributed by atoms with Crippen LogP contribution in [-0.2, 0) is 11.3 Å². The standard InChI is InChI=1S/C24H25N3O5/c1-30-21-11-10-18(12-22(21)31-2)27-15-19(32-24(27)29)14-26-23(28)25-13-17-8-5-7-16-6-3-4-9-20(16)17/h3-12,19H,13-15H2,1-2H3,(H2,25,26,28). The highest BCUT2D eigenvalue weighted by atomic mass is 16.6. The molecule has 1 unspecified atom stereocenters. The van der Waals surface area contributed by atoms with Gasteiger partial charge in [-0.3, -0.25) is 4.90 Å². The highest BCUT2D eigenvalue weighted by Crippen LogP contribution is 2.33. The third-order valence-electron chi connectivity index (χ3n) is 5.36. The Kier molecular flexibility index (Phi) is 6.30. The molecule has 1 fully saturated rings. The van der Waals surface area contributed by atoms with Crippen LogP contribution in [0.1, 0.15) is 5.56 Å². The predicted molar refractivity (Wildman–Crippen MR) is 121 cm³/mol. The summed E-state index contributed by atoms with van der Waals surface area (Å²) >= 11 is 0. The molecule has 0 radical (unpaired) electrons. The molecule has 166 valence electrons. The average Bonchev–Trinajstić information content (AvgIpc) is 3.21. The topological polar surface area (TPSA) is 89.1 Å². The molecule has 8 heteroatoms. The lowest BCUT2D eigenvalue weighted by molar-refractivity contribution is 0.140. The Bertz CT molecular complexity index is 1130. The first-order valence-corrected chi connectivity index (χ1v) is 10.3. The number of fused-ring (bicyclic) bond motifs is 1. The SMILES string of the molecule is COc1ccc(N2CC(CNC(=O)NCc3cccc4ccccc34)OC2=O)cc1OC. The highest BCUT2D eigenvalue weighted by molar-refractivity contribution is 5.90. The highest BCUT2D eigenvalue weighted by Gasteiger charge is 2.33. The van der Waals surface area contributed by atoms with Gasteiger partial charge in [0.2, 0.25) is 0 Å². The third kappa shape index (κ3) is 4.54. The van der Waals surface area contributed by atoms with Gasteiger partial charge in [-0.05, 0) is 28.5 Å². The zero-order chi connectivity index (χ0) is 22.5. The van der Waals surface area contributed by atoms with E-state index < -0.39 is 12.2 Å².